The van der Waals surface area contributed by atoms with Gasteiger partial charge in [0.05, 0.1) is 6.61 Å². The van der Waals surface area contributed by atoms with E-state index in [-0.39, 0.29) is 23.8 Å². The maximum atomic E-state index is 12.8. The molecule has 3 rings (SSSR count). The van der Waals surface area contributed by atoms with E-state index in [4.69, 9.17) is 5.11 Å². The minimum Gasteiger partial charge on any atom is -0.395 e. The van der Waals surface area contributed by atoms with Crippen LogP contribution in [0.4, 0.5) is 0 Å². The summed E-state index contributed by atoms with van der Waals surface area (Å²) in [6.45, 7) is 6.73. The van der Waals surface area contributed by atoms with Crippen LogP contribution in [0, 0.1) is 19.3 Å². The molecule has 0 radical (unpaired) electrons. The van der Waals surface area contributed by atoms with Crippen LogP contribution < -0.4 is 0 Å². The first-order valence-electron chi connectivity index (χ1n) is 9.19. The van der Waals surface area contributed by atoms with Crippen LogP contribution in [0.5, 0.6) is 0 Å². The monoisotopic (exact) mass is 344 g/mol. The summed E-state index contributed by atoms with van der Waals surface area (Å²) in [7, 11) is 0. The van der Waals surface area contributed by atoms with Gasteiger partial charge in [0, 0.05) is 38.2 Å². The van der Waals surface area contributed by atoms with Crippen molar-refractivity contribution in [3.05, 3.63) is 34.9 Å². The Hall–Kier alpha value is -1.88. The molecule has 2 aliphatic heterocycles. The molecule has 0 aliphatic carbocycles. The van der Waals surface area contributed by atoms with Crippen LogP contribution in [-0.2, 0) is 4.79 Å². The van der Waals surface area contributed by atoms with E-state index in [0.717, 1.165) is 50.0 Å². The van der Waals surface area contributed by atoms with E-state index in [1.165, 1.54) is 5.56 Å². The average molecular weight is 344 g/mol. The number of aliphatic hydroxyl groups excluding tert-OH is 1. The second kappa shape index (κ2) is 7.16. The standard InChI is InChI=1S/C20H28N2O3/c1-15-3-4-17(13-16(15)2)19(25)21-9-7-20(8-10-21)6-5-18(24)22(14-20)11-12-23/h3-4,13,23H,5-12,14H2,1-2H3. The van der Waals surface area contributed by atoms with Crippen molar-refractivity contribution < 1.29 is 14.7 Å². The van der Waals surface area contributed by atoms with E-state index in [9.17, 15) is 9.59 Å². The van der Waals surface area contributed by atoms with Gasteiger partial charge in [0.25, 0.3) is 5.91 Å². The van der Waals surface area contributed by atoms with Crippen molar-refractivity contribution >= 4 is 11.8 Å². The molecule has 136 valence electrons. The van der Waals surface area contributed by atoms with Gasteiger partial charge in [0.1, 0.15) is 0 Å². The highest BCUT2D eigenvalue weighted by molar-refractivity contribution is 5.94. The molecule has 2 heterocycles. The van der Waals surface area contributed by atoms with Crippen LogP contribution in [0.3, 0.4) is 0 Å². The van der Waals surface area contributed by atoms with Crippen molar-refractivity contribution in [1.29, 1.82) is 0 Å². The Balaban J connectivity index is 1.64. The Morgan fingerprint density at radius 3 is 2.52 bits per heavy atom. The number of rotatable bonds is 3. The number of likely N-dealkylation sites (tertiary alicyclic amines) is 2. The number of benzene rings is 1. The Morgan fingerprint density at radius 1 is 1.16 bits per heavy atom. The lowest BCUT2D eigenvalue weighted by Crippen LogP contribution is -2.52. The molecule has 2 saturated heterocycles. The summed E-state index contributed by atoms with van der Waals surface area (Å²) in [5.41, 5.74) is 3.22. The van der Waals surface area contributed by atoms with Crippen molar-refractivity contribution in [2.75, 3.05) is 32.8 Å². The number of aliphatic hydroxyl groups is 1. The minimum atomic E-state index is 0.0131. The number of carbonyl (C=O) groups is 2. The smallest absolute Gasteiger partial charge is 0.253 e. The largest absolute Gasteiger partial charge is 0.395 e. The lowest BCUT2D eigenvalue weighted by atomic mass is 9.72. The lowest BCUT2D eigenvalue weighted by Gasteiger charge is -2.47. The number of hydrogen-bond donors (Lipinski definition) is 1. The fourth-order valence-corrected chi connectivity index (χ4v) is 4.08. The molecule has 1 aromatic rings. The van der Waals surface area contributed by atoms with Crippen molar-refractivity contribution in [3.63, 3.8) is 0 Å². The van der Waals surface area contributed by atoms with E-state index in [1.807, 2.05) is 30.0 Å². The molecule has 0 atom stereocenters. The topological polar surface area (TPSA) is 60.9 Å². The highest BCUT2D eigenvalue weighted by Crippen LogP contribution is 2.40. The molecule has 0 unspecified atom stereocenters. The molecule has 5 heteroatoms. The van der Waals surface area contributed by atoms with Crippen LogP contribution in [-0.4, -0.2) is 59.5 Å². The first-order chi connectivity index (χ1) is 11.9. The molecule has 2 fully saturated rings. The third kappa shape index (κ3) is 3.71. The molecule has 5 nitrogen and oxygen atoms in total. The second-order valence-electron chi connectivity index (χ2n) is 7.63. The van der Waals surface area contributed by atoms with Crippen LogP contribution in [0.15, 0.2) is 18.2 Å². The molecule has 0 aromatic heterocycles. The Labute approximate surface area is 149 Å². The molecule has 25 heavy (non-hydrogen) atoms. The van der Waals surface area contributed by atoms with E-state index in [0.29, 0.717) is 13.0 Å². The summed E-state index contributed by atoms with van der Waals surface area (Å²) >= 11 is 0. The van der Waals surface area contributed by atoms with Gasteiger partial charge in [-0.1, -0.05) is 6.07 Å². The van der Waals surface area contributed by atoms with Crippen molar-refractivity contribution in [3.8, 4) is 0 Å². The van der Waals surface area contributed by atoms with Crippen molar-refractivity contribution in [1.82, 2.24) is 9.80 Å². The number of β-amino-alcohol motifs (C(OH)–C–C–N with tert-alkyl or cyclic N) is 1. The number of aryl methyl sites for hydroxylation is 2. The number of nitrogens with zero attached hydrogens (tertiary/aromatic N) is 2. The van der Waals surface area contributed by atoms with Crippen molar-refractivity contribution in [2.24, 2.45) is 5.41 Å². The van der Waals surface area contributed by atoms with E-state index in [1.54, 1.807) is 4.90 Å². The lowest BCUT2D eigenvalue weighted by molar-refractivity contribution is -0.139. The molecular weight excluding hydrogens is 316 g/mol. The number of hydrogen-bond acceptors (Lipinski definition) is 3. The number of amides is 2. The Kier molecular flexibility index (Phi) is 5.13. The molecule has 0 bridgehead atoms. The number of carbonyl (C=O) groups excluding carboxylic acids is 2. The zero-order valence-corrected chi connectivity index (χ0v) is 15.3. The van der Waals surface area contributed by atoms with Gasteiger partial charge >= 0.3 is 0 Å². The van der Waals surface area contributed by atoms with Crippen molar-refractivity contribution in [2.45, 2.75) is 39.5 Å². The zero-order chi connectivity index (χ0) is 18.0. The van der Waals surface area contributed by atoms with Crippen LogP contribution in [0.2, 0.25) is 0 Å². The molecule has 1 aromatic carbocycles. The van der Waals surface area contributed by atoms with Gasteiger partial charge in [-0.3, -0.25) is 9.59 Å². The normalized spacial score (nSPS) is 20.2. The maximum Gasteiger partial charge on any atom is 0.253 e. The fraction of sp³-hybridized carbons (Fsp3) is 0.600. The molecule has 2 amide bonds. The summed E-state index contributed by atoms with van der Waals surface area (Å²) in [6.07, 6.45) is 3.32. The SMILES string of the molecule is Cc1ccc(C(=O)N2CCC3(CCC(=O)N(CCO)C3)CC2)cc1C. The Bertz CT molecular complexity index is 663. The van der Waals surface area contributed by atoms with Crippen LogP contribution >= 0.6 is 0 Å². The van der Waals surface area contributed by atoms with E-state index < -0.39 is 0 Å². The quantitative estimate of drug-likeness (QED) is 0.914. The molecule has 1 spiro atoms. The fourth-order valence-electron chi connectivity index (χ4n) is 4.08. The van der Waals surface area contributed by atoms with Gasteiger partial charge in [-0.25, -0.2) is 0 Å². The van der Waals surface area contributed by atoms with Gasteiger partial charge in [-0.15, -0.1) is 0 Å². The third-order valence-electron chi connectivity index (χ3n) is 5.98. The molecular formula is C20H28N2O3. The second-order valence-corrected chi connectivity index (χ2v) is 7.63. The summed E-state index contributed by atoms with van der Waals surface area (Å²) in [5.74, 6) is 0.255. The van der Waals surface area contributed by atoms with Gasteiger partial charge in [-0.2, -0.15) is 0 Å². The van der Waals surface area contributed by atoms with Crippen LogP contribution in [0.1, 0.15) is 47.2 Å². The van der Waals surface area contributed by atoms with Gasteiger partial charge in [0.15, 0.2) is 0 Å². The summed E-state index contributed by atoms with van der Waals surface area (Å²) in [4.78, 5) is 28.5. The van der Waals surface area contributed by atoms with E-state index >= 15 is 0 Å². The van der Waals surface area contributed by atoms with Gasteiger partial charge in [-0.05, 0) is 61.8 Å². The Morgan fingerprint density at radius 2 is 1.88 bits per heavy atom. The molecule has 2 aliphatic rings. The number of piperidine rings is 2. The molecule has 1 N–H and O–H groups in total. The predicted octanol–water partition coefficient (Wildman–Crippen LogP) is 2.14. The average Bonchev–Trinajstić information content (AvgIpc) is 2.61. The van der Waals surface area contributed by atoms with Gasteiger partial charge in [0.2, 0.25) is 5.91 Å². The van der Waals surface area contributed by atoms with Gasteiger partial charge < -0.3 is 14.9 Å². The minimum absolute atomic E-state index is 0.0131. The summed E-state index contributed by atoms with van der Waals surface area (Å²) < 4.78 is 0. The first-order valence-corrected chi connectivity index (χ1v) is 9.19. The zero-order valence-electron chi connectivity index (χ0n) is 15.3. The highest BCUT2D eigenvalue weighted by Gasteiger charge is 2.41. The molecule has 0 saturated carbocycles. The highest BCUT2D eigenvalue weighted by atomic mass is 16.3. The summed E-state index contributed by atoms with van der Waals surface area (Å²) in [6, 6.07) is 5.90. The third-order valence-corrected chi connectivity index (χ3v) is 5.98. The van der Waals surface area contributed by atoms with E-state index in [2.05, 4.69) is 6.92 Å². The maximum absolute atomic E-state index is 12.8. The first kappa shape index (κ1) is 17.9. The van der Waals surface area contributed by atoms with Crippen LogP contribution in [0.25, 0.3) is 0 Å². The predicted molar refractivity (Wildman–Crippen MR) is 96.4 cm³/mol. The summed E-state index contributed by atoms with van der Waals surface area (Å²) in [5, 5.41) is 9.16.